The molecule has 0 fully saturated rings. The highest BCUT2D eigenvalue weighted by Crippen LogP contribution is 2.30. The Bertz CT molecular complexity index is 423. The lowest BCUT2D eigenvalue weighted by atomic mass is 10.1. The second kappa shape index (κ2) is 7.70. The highest BCUT2D eigenvalue weighted by Gasteiger charge is 2.17. The van der Waals surface area contributed by atoms with Crippen molar-refractivity contribution in [3.63, 3.8) is 0 Å². The van der Waals surface area contributed by atoms with Gasteiger partial charge < -0.3 is 15.2 Å². The number of ether oxygens (including phenoxy) is 1. The molecule has 0 aromatic heterocycles. The Morgan fingerprint density at radius 1 is 1.53 bits per heavy atom. The van der Waals surface area contributed by atoms with Gasteiger partial charge in [0.25, 0.3) is 0 Å². The van der Waals surface area contributed by atoms with Gasteiger partial charge in [-0.1, -0.05) is 6.07 Å². The fourth-order valence-electron chi connectivity index (χ4n) is 1.74. The largest absolute Gasteiger partial charge is 0.487 e. The molecule has 2 N–H and O–H groups in total. The van der Waals surface area contributed by atoms with Crippen molar-refractivity contribution in [2.45, 2.75) is 26.3 Å². The van der Waals surface area contributed by atoms with Crippen LogP contribution in [0, 0.1) is 10.1 Å². The van der Waals surface area contributed by atoms with E-state index in [1.165, 1.54) is 6.07 Å². The number of rotatable bonds is 8. The number of nitrogens with one attached hydrogen (secondary N) is 1. The summed E-state index contributed by atoms with van der Waals surface area (Å²) in [5.74, 6) is 0.291. The van der Waals surface area contributed by atoms with Crippen molar-refractivity contribution in [1.82, 2.24) is 5.32 Å². The molecule has 0 amide bonds. The molecule has 19 heavy (non-hydrogen) atoms. The highest BCUT2D eigenvalue weighted by atomic mass is 16.6. The molecule has 0 aliphatic heterocycles. The number of aliphatic hydroxyl groups is 1. The van der Waals surface area contributed by atoms with Crippen LogP contribution in [-0.4, -0.2) is 29.8 Å². The average molecular weight is 268 g/mol. The topological polar surface area (TPSA) is 84.6 Å². The lowest BCUT2D eigenvalue weighted by Crippen LogP contribution is -2.20. The number of nitrogens with zero attached hydrogens (tertiary/aromatic N) is 1. The standard InChI is InChI=1S/C13H20N2O4/c1-3-19-13-6-5-11(9-12(13)15(17)18)10(2)14-7-4-8-16/h5-6,9-10,14,16H,3-4,7-8H2,1-2H3. The Morgan fingerprint density at radius 2 is 2.26 bits per heavy atom. The maximum absolute atomic E-state index is 11.0. The predicted molar refractivity (Wildman–Crippen MR) is 72.4 cm³/mol. The normalized spacial score (nSPS) is 12.2. The smallest absolute Gasteiger partial charge is 0.311 e. The molecule has 0 radical (unpaired) electrons. The number of hydrogen-bond donors (Lipinski definition) is 2. The Hall–Kier alpha value is -1.66. The van der Waals surface area contributed by atoms with Gasteiger partial charge in [0.15, 0.2) is 5.75 Å². The number of nitro groups is 1. The van der Waals surface area contributed by atoms with E-state index in [4.69, 9.17) is 9.84 Å². The van der Waals surface area contributed by atoms with Crippen LogP contribution in [0.4, 0.5) is 5.69 Å². The number of aliphatic hydroxyl groups excluding tert-OH is 1. The minimum absolute atomic E-state index is 0.0130. The van der Waals surface area contributed by atoms with E-state index in [2.05, 4.69) is 5.32 Å². The maximum atomic E-state index is 11.0. The molecule has 6 heteroatoms. The first-order valence-corrected chi connectivity index (χ1v) is 6.35. The molecule has 0 aliphatic rings. The van der Waals surface area contributed by atoms with Crippen LogP contribution < -0.4 is 10.1 Å². The predicted octanol–water partition coefficient (Wildman–Crippen LogP) is 2.03. The number of benzene rings is 1. The molecule has 0 saturated carbocycles. The zero-order valence-corrected chi connectivity index (χ0v) is 11.3. The van der Waals surface area contributed by atoms with Gasteiger partial charge in [-0.05, 0) is 38.4 Å². The van der Waals surface area contributed by atoms with Crippen molar-refractivity contribution < 1.29 is 14.8 Å². The SMILES string of the molecule is CCOc1ccc(C(C)NCCCO)cc1[N+](=O)[O-]. The van der Waals surface area contributed by atoms with Crippen molar-refractivity contribution in [2.75, 3.05) is 19.8 Å². The fourth-order valence-corrected chi connectivity index (χ4v) is 1.74. The molecular formula is C13H20N2O4. The molecule has 1 aromatic rings. The quantitative estimate of drug-likeness (QED) is 0.428. The minimum Gasteiger partial charge on any atom is -0.487 e. The molecule has 106 valence electrons. The second-order valence-corrected chi connectivity index (χ2v) is 4.17. The Morgan fingerprint density at radius 3 is 2.84 bits per heavy atom. The van der Waals surface area contributed by atoms with Gasteiger partial charge in [-0.15, -0.1) is 0 Å². The summed E-state index contributed by atoms with van der Waals surface area (Å²) < 4.78 is 5.24. The summed E-state index contributed by atoms with van der Waals surface area (Å²) >= 11 is 0. The van der Waals surface area contributed by atoms with Crippen LogP contribution in [0.5, 0.6) is 5.75 Å². The summed E-state index contributed by atoms with van der Waals surface area (Å²) in [6, 6.07) is 4.96. The van der Waals surface area contributed by atoms with Crippen LogP contribution in [-0.2, 0) is 0 Å². The number of hydrogen-bond acceptors (Lipinski definition) is 5. The van der Waals surface area contributed by atoms with Crippen molar-refractivity contribution in [3.8, 4) is 5.75 Å². The van der Waals surface area contributed by atoms with Gasteiger partial charge in [0.05, 0.1) is 11.5 Å². The molecule has 0 bridgehead atoms. The summed E-state index contributed by atoms with van der Waals surface area (Å²) in [7, 11) is 0. The van der Waals surface area contributed by atoms with Crippen molar-refractivity contribution in [1.29, 1.82) is 0 Å². The Balaban J connectivity index is 2.85. The third-order valence-corrected chi connectivity index (χ3v) is 2.76. The third kappa shape index (κ3) is 4.50. The van der Waals surface area contributed by atoms with Crippen LogP contribution in [0.3, 0.4) is 0 Å². The van der Waals surface area contributed by atoms with E-state index in [1.54, 1.807) is 13.0 Å². The van der Waals surface area contributed by atoms with Crippen molar-refractivity contribution in [2.24, 2.45) is 0 Å². The highest BCUT2D eigenvalue weighted by molar-refractivity contribution is 5.49. The molecule has 0 heterocycles. The van der Waals surface area contributed by atoms with Crippen LogP contribution in [0.1, 0.15) is 31.9 Å². The molecule has 1 atom stereocenters. The minimum atomic E-state index is -0.436. The van der Waals surface area contributed by atoms with Gasteiger partial charge >= 0.3 is 5.69 Å². The van der Waals surface area contributed by atoms with Gasteiger partial charge in [-0.3, -0.25) is 10.1 Å². The van der Waals surface area contributed by atoms with Crippen LogP contribution in [0.2, 0.25) is 0 Å². The van der Waals surface area contributed by atoms with E-state index >= 15 is 0 Å². The summed E-state index contributed by atoms with van der Waals surface area (Å²) in [6.45, 7) is 4.90. The summed E-state index contributed by atoms with van der Waals surface area (Å²) in [5.41, 5.74) is 0.809. The van der Waals surface area contributed by atoms with Crippen LogP contribution >= 0.6 is 0 Å². The second-order valence-electron chi connectivity index (χ2n) is 4.17. The van der Waals surface area contributed by atoms with Crippen molar-refractivity contribution in [3.05, 3.63) is 33.9 Å². The fraction of sp³-hybridized carbons (Fsp3) is 0.538. The summed E-state index contributed by atoms with van der Waals surface area (Å²) in [4.78, 5) is 10.6. The zero-order valence-electron chi connectivity index (χ0n) is 11.3. The molecule has 1 unspecified atom stereocenters. The maximum Gasteiger partial charge on any atom is 0.311 e. The Kier molecular flexibility index (Phi) is 6.24. The molecule has 1 aromatic carbocycles. The van der Waals surface area contributed by atoms with E-state index < -0.39 is 4.92 Å². The molecule has 0 saturated heterocycles. The molecule has 1 rings (SSSR count). The van der Waals surface area contributed by atoms with Gasteiger partial charge in [0.1, 0.15) is 0 Å². The average Bonchev–Trinajstić information content (AvgIpc) is 2.39. The van der Waals surface area contributed by atoms with Gasteiger partial charge in [0, 0.05) is 18.7 Å². The molecule has 0 aliphatic carbocycles. The Labute approximate surface area is 112 Å². The first-order chi connectivity index (χ1) is 9.10. The van der Waals surface area contributed by atoms with Crippen LogP contribution in [0.25, 0.3) is 0 Å². The summed E-state index contributed by atoms with van der Waals surface area (Å²) in [5, 5.41) is 22.9. The van der Waals surface area contributed by atoms with Gasteiger partial charge in [-0.2, -0.15) is 0 Å². The molecule has 0 spiro atoms. The van der Waals surface area contributed by atoms with E-state index in [9.17, 15) is 10.1 Å². The third-order valence-electron chi connectivity index (χ3n) is 2.76. The van der Waals surface area contributed by atoms with E-state index in [0.29, 0.717) is 25.3 Å². The molecule has 6 nitrogen and oxygen atoms in total. The monoisotopic (exact) mass is 268 g/mol. The first-order valence-electron chi connectivity index (χ1n) is 6.35. The first kappa shape index (κ1) is 15.4. The molecular weight excluding hydrogens is 248 g/mol. The van der Waals surface area contributed by atoms with Gasteiger partial charge in [-0.25, -0.2) is 0 Å². The van der Waals surface area contributed by atoms with E-state index in [-0.39, 0.29) is 18.3 Å². The summed E-state index contributed by atoms with van der Waals surface area (Å²) in [6.07, 6.45) is 0.656. The van der Waals surface area contributed by atoms with Gasteiger partial charge in [0.2, 0.25) is 0 Å². The lowest BCUT2D eigenvalue weighted by molar-refractivity contribution is -0.385. The lowest BCUT2D eigenvalue weighted by Gasteiger charge is -2.14. The van der Waals surface area contributed by atoms with Crippen molar-refractivity contribution >= 4 is 5.69 Å². The van der Waals surface area contributed by atoms with E-state index in [1.807, 2.05) is 13.0 Å². The number of nitro benzene ring substituents is 1. The van der Waals surface area contributed by atoms with E-state index in [0.717, 1.165) is 5.56 Å². The van der Waals surface area contributed by atoms with Crippen LogP contribution in [0.15, 0.2) is 18.2 Å². The zero-order chi connectivity index (χ0) is 14.3.